The lowest BCUT2D eigenvalue weighted by Crippen LogP contribution is -2.19. The summed E-state index contributed by atoms with van der Waals surface area (Å²) in [5.74, 6) is 2.59. The third-order valence-corrected chi connectivity index (χ3v) is 2.77. The molecule has 3 nitrogen and oxygen atoms in total. The van der Waals surface area contributed by atoms with Crippen LogP contribution in [0.25, 0.3) is 0 Å². The number of ether oxygens (including phenoxy) is 2. The van der Waals surface area contributed by atoms with Crippen LogP contribution >= 0.6 is 12.6 Å². The molecule has 0 N–H and O–H groups in total. The minimum atomic E-state index is 0.841. The number of rotatable bonds is 6. The molecule has 1 rings (SSSR count). The number of hydrogen-bond donors (Lipinski definition) is 1. The molecule has 0 aliphatic carbocycles. The topological polar surface area (TPSA) is 21.7 Å². The zero-order valence-corrected chi connectivity index (χ0v) is 11.0. The molecule has 90 valence electrons. The summed E-state index contributed by atoms with van der Waals surface area (Å²) in [6.45, 7) is 0.951. The van der Waals surface area contributed by atoms with Crippen molar-refractivity contribution < 1.29 is 9.47 Å². The molecule has 0 fully saturated rings. The highest BCUT2D eigenvalue weighted by atomic mass is 32.1. The fourth-order valence-electron chi connectivity index (χ4n) is 1.52. The van der Waals surface area contributed by atoms with E-state index in [9.17, 15) is 0 Å². The molecule has 1 aromatic carbocycles. The Morgan fingerprint density at radius 3 is 2.56 bits per heavy atom. The number of methoxy groups -OCH3 is 2. The molecule has 0 aromatic heterocycles. The summed E-state index contributed by atoms with van der Waals surface area (Å²) in [6, 6.07) is 5.80. The molecule has 0 heterocycles. The predicted molar refractivity (Wildman–Crippen MR) is 71.3 cm³/mol. The monoisotopic (exact) mass is 241 g/mol. The van der Waals surface area contributed by atoms with Crippen LogP contribution in [-0.2, 0) is 0 Å². The molecule has 0 spiro atoms. The van der Waals surface area contributed by atoms with E-state index < -0.39 is 0 Å². The third-order valence-electron chi connectivity index (χ3n) is 2.45. The lowest BCUT2D eigenvalue weighted by atomic mass is 10.2. The van der Waals surface area contributed by atoms with Crippen LogP contribution in [0.4, 0.5) is 5.69 Å². The van der Waals surface area contributed by atoms with Gasteiger partial charge >= 0.3 is 0 Å². The molecule has 0 amide bonds. The van der Waals surface area contributed by atoms with Gasteiger partial charge in [-0.2, -0.15) is 12.6 Å². The average molecular weight is 241 g/mol. The second-order valence-electron chi connectivity index (χ2n) is 3.54. The maximum absolute atomic E-state index is 5.33. The van der Waals surface area contributed by atoms with E-state index in [0.717, 1.165) is 35.9 Å². The highest BCUT2D eigenvalue weighted by molar-refractivity contribution is 7.80. The normalized spacial score (nSPS) is 10.0. The maximum Gasteiger partial charge on any atom is 0.142 e. The summed E-state index contributed by atoms with van der Waals surface area (Å²) in [5, 5.41) is 0. The van der Waals surface area contributed by atoms with Crippen LogP contribution in [0.2, 0.25) is 0 Å². The van der Waals surface area contributed by atoms with Crippen molar-refractivity contribution in [2.75, 3.05) is 38.5 Å². The molecule has 16 heavy (non-hydrogen) atoms. The van der Waals surface area contributed by atoms with Gasteiger partial charge in [0, 0.05) is 19.7 Å². The van der Waals surface area contributed by atoms with Crippen LogP contribution in [0.1, 0.15) is 6.42 Å². The van der Waals surface area contributed by atoms with E-state index in [1.807, 2.05) is 25.2 Å². The van der Waals surface area contributed by atoms with Gasteiger partial charge in [0.1, 0.15) is 11.5 Å². The molecular weight excluding hydrogens is 222 g/mol. The Labute approximate surface area is 103 Å². The molecule has 0 saturated carbocycles. The van der Waals surface area contributed by atoms with Crippen LogP contribution in [0.3, 0.4) is 0 Å². The molecule has 0 aliphatic heterocycles. The summed E-state index contributed by atoms with van der Waals surface area (Å²) < 4.78 is 10.5. The smallest absolute Gasteiger partial charge is 0.142 e. The van der Waals surface area contributed by atoms with Gasteiger partial charge in [0.25, 0.3) is 0 Å². The van der Waals surface area contributed by atoms with Gasteiger partial charge in [0.05, 0.1) is 19.9 Å². The number of hydrogen-bond acceptors (Lipinski definition) is 4. The predicted octanol–water partition coefficient (Wildman–Crippen LogP) is 2.46. The fourth-order valence-corrected chi connectivity index (χ4v) is 1.66. The molecule has 0 radical (unpaired) electrons. The lowest BCUT2D eigenvalue weighted by Gasteiger charge is -2.22. The van der Waals surface area contributed by atoms with Gasteiger partial charge in [0.2, 0.25) is 0 Å². The third kappa shape index (κ3) is 3.23. The van der Waals surface area contributed by atoms with Gasteiger partial charge in [-0.05, 0) is 24.3 Å². The van der Waals surface area contributed by atoms with Crippen molar-refractivity contribution in [2.45, 2.75) is 6.42 Å². The number of thiol groups is 1. The first-order valence-electron chi connectivity index (χ1n) is 5.27. The minimum Gasteiger partial charge on any atom is -0.497 e. The van der Waals surface area contributed by atoms with Crippen LogP contribution in [0, 0.1) is 0 Å². The van der Waals surface area contributed by atoms with E-state index in [-0.39, 0.29) is 0 Å². The summed E-state index contributed by atoms with van der Waals surface area (Å²) in [4.78, 5) is 2.15. The highest BCUT2D eigenvalue weighted by Crippen LogP contribution is 2.31. The Hall–Kier alpha value is -1.03. The molecular formula is C12H19NO2S. The van der Waals surface area contributed by atoms with Crippen molar-refractivity contribution in [1.82, 2.24) is 0 Å². The summed E-state index contributed by atoms with van der Waals surface area (Å²) in [7, 11) is 5.39. The second kappa shape index (κ2) is 6.53. The van der Waals surface area contributed by atoms with Crippen molar-refractivity contribution in [3.8, 4) is 11.5 Å². The van der Waals surface area contributed by atoms with Crippen molar-refractivity contribution in [3.05, 3.63) is 18.2 Å². The quantitative estimate of drug-likeness (QED) is 0.773. The SMILES string of the molecule is COc1ccc(OC)c(N(C)CCCS)c1. The maximum atomic E-state index is 5.33. The Bertz CT molecular complexity index is 331. The Morgan fingerprint density at radius 1 is 1.25 bits per heavy atom. The van der Waals surface area contributed by atoms with E-state index in [2.05, 4.69) is 17.5 Å². The van der Waals surface area contributed by atoms with E-state index in [1.165, 1.54) is 0 Å². The van der Waals surface area contributed by atoms with Gasteiger partial charge in [-0.3, -0.25) is 0 Å². The van der Waals surface area contributed by atoms with Gasteiger partial charge in [-0.15, -0.1) is 0 Å². The standard InChI is InChI=1S/C12H19NO2S/c1-13(7-4-8-16)11-9-10(14-2)5-6-12(11)15-3/h5-6,9,16H,4,7-8H2,1-3H3. The van der Waals surface area contributed by atoms with Crippen molar-refractivity contribution in [3.63, 3.8) is 0 Å². The lowest BCUT2D eigenvalue weighted by molar-refractivity contribution is 0.403. The fraction of sp³-hybridized carbons (Fsp3) is 0.500. The summed E-state index contributed by atoms with van der Waals surface area (Å²) in [6.07, 6.45) is 1.04. The summed E-state index contributed by atoms with van der Waals surface area (Å²) in [5.41, 5.74) is 1.05. The number of anilines is 1. The van der Waals surface area contributed by atoms with E-state index in [1.54, 1.807) is 14.2 Å². The summed E-state index contributed by atoms with van der Waals surface area (Å²) >= 11 is 4.21. The van der Waals surface area contributed by atoms with Gasteiger partial charge in [-0.1, -0.05) is 0 Å². The van der Waals surface area contributed by atoms with Gasteiger partial charge < -0.3 is 14.4 Å². The zero-order valence-electron chi connectivity index (χ0n) is 10.1. The Kier molecular flexibility index (Phi) is 5.32. The van der Waals surface area contributed by atoms with Crippen molar-refractivity contribution >= 4 is 18.3 Å². The minimum absolute atomic E-state index is 0.841. The van der Waals surface area contributed by atoms with Crippen LogP contribution in [0.15, 0.2) is 18.2 Å². The largest absolute Gasteiger partial charge is 0.497 e. The zero-order chi connectivity index (χ0) is 12.0. The first-order chi connectivity index (χ1) is 7.72. The van der Waals surface area contributed by atoms with Crippen LogP contribution in [-0.4, -0.2) is 33.6 Å². The molecule has 0 atom stereocenters. The van der Waals surface area contributed by atoms with E-state index in [0.29, 0.717) is 0 Å². The molecule has 0 bridgehead atoms. The van der Waals surface area contributed by atoms with Crippen LogP contribution in [0.5, 0.6) is 11.5 Å². The Morgan fingerprint density at radius 2 is 2.00 bits per heavy atom. The second-order valence-corrected chi connectivity index (χ2v) is 3.98. The average Bonchev–Trinajstić information content (AvgIpc) is 2.35. The van der Waals surface area contributed by atoms with Crippen molar-refractivity contribution in [2.24, 2.45) is 0 Å². The van der Waals surface area contributed by atoms with E-state index >= 15 is 0 Å². The van der Waals surface area contributed by atoms with Gasteiger partial charge in [0.15, 0.2) is 0 Å². The molecule has 4 heteroatoms. The number of nitrogens with zero attached hydrogens (tertiary/aromatic N) is 1. The van der Waals surface area contributed by atoms with E-state index in [4.69, 9.17) is 9.47 Å². The van der Waals surface area contributed by atoms with Crippen LogP contribution < -0.4 is 14.4 Å². The molecule has 0 saturated heterocycles. The number of benzene rings is 1. The Balaban J connectivity index is 2.89. The molecule has 1 aromatic rings. The first-order valence-corrected chi connectivity index (χ1v) is 5.90. The van der Waals surface area contributed by atoms with Gasteiger partial charge in [-0.25, -0.2) is 0 Å². The highest BCUT2D eigenvalue weighted by Gasteiger charge is 2.09. The molecule has 0 aliphatic rings. The van der Waals surface area contributed by atoms with Crippen molar-refractivity contribution in [1.29, 1.82) is 0 Å². The first kappa shape index (κ1) is 13.0. The molecule has 0 unspecified atom stereocenters.